The summed E-state index contributed by atoms with van der Waals surface area (Å²) in [5.41, 5.74) is 1.32. The van der Waals surface area contributed by atoms with Crippen LogP contribution in [0.5, 0.6) is 0 Å². The predicted molar refractivity (Wildman–Crippen MR) is 132 cm³/mol. The number of amides is 1. The van der Waals surface area contributed by atoms with Crippen LogP contribution in [-0.2, 0) is 9.53 Å². The van der Waals surface area contributed by atoms with E-state index in [9.17, 15) is 18.4 Å². The second kappa shape index (κ2) is 9.80. The summed E-state index contributed by atoms with van der Waals surface area (Å²) in [6.07, 6.45) is 6.06. The number of para-hydroxylation sites is 1. The zero-order valence-electron chi connectivity index (χ0n) is 19.6. The van der Waals surface area contributed by atoms with Crippen LogP contribution in [0, 0.1) is 17.8 Å². The number of thioether (sulfide) groups is 1. The maximum Gasteiger partial charge on any atom is 0.341 e. The summed E-state index contributed by atoms with van der Waals surface area (Å²) in [4.78, 5) is 26.5. The number of halogens is 2. The molecule has 5 nitrogen and oxygen atoms in total. The van der Waals surface area contributed by atoms with Crippen molar-refractivity contribution >= 4 is 35.0 Å². The van der Waals surface area contributed by atoms with Crippen molar-refractivity contribution in [3.8, 4) is 0 Å². The molecule has 0 spiro atoms. The molecule has 1 atom stereocenters. The molecule has 35 heavy (non-hydrogen) atoms. The van der Waals surface area contributed by atoms with Gasteiger partial charge in [0.1, 0.15) is 0 Å². The summed E-state index contributed by atoms with van der Waals surface area (Å²) in [7, 11) is 0. The van der Waals surface area contributed by atoms with Crippen LogP contribution in [-0.4, -0.2) is 29.3 Å². The highest BCUT2D eigenvalue weighted by molar-refractivity contribution is 7.99. The Morgan fingerprint density at radius 1 is 0.971 bits per heavy atom. The number of hydrogen-bond donors (Lipinski definition) is 2. The Kier molecular flexibility index (Phi) is 6.75. The fraction of sp³-hybridized carbons (Fsp3) is 0.481. The lowest BCUT2D eigenvalue weighted by molar-refractivity contribution is -0.134. The third kappa shape index (κ3) is 5.47. The van der Waals surface area contributed by atoms with E-state index in [1.54, 1.807) is 55.5 Å². The van der Waals surface area contributed by atoms with E-state index in [1.807, 2.05) is 0 Å². The third-order valence-electron chi connectivity index (χ3n) is 7.59. The second-order valence-corrected chi connectivity index (χ2v) is 11.4. The minimum Gasteiger partial charge on any atom is -0.449 e. The SMILES string of the molecule is C[C@@H](OC(=O)c1ccccc1Nc1ccc(SC(F)F)cc1)C(=O)NC12CC3CC(CC(C3)C1)C2. The number of anilines is 2. The summed E-state index contributed by atoms with van der Waals surface area (Å²) in [6, 6.07) is 13.4. The topological polar surface area (TPSA) is 67.4 Å². The standard InChI is InChI=1S/C27H30F2N2O3S/c1-16(24(32)31-27-13-17-10-18(14-27)12-19(11-17)15-27)34-25(33)22-4-2-3-5-23(22)30-20-6-8-21(9-7-20)35-26(28)29/h2-9,16-19,26,30H,10-15H2,1H3,(H,31,32)/t16-,17?,18?,19?,27?/m1/s1. The van der Waals surface area contributed by atoms with Crippen LogP contribution >= 0.6 is 11.8 Å². The molecule has 0 aliphatic heterocycles. The molecule has 8 heteroatoms. The highest BCUT2D eigenvalue weighted by Gasteiger charge is 2.51. The molecule has 2 aromatic carbocycles. The van der Waals surface area contributed by atoms with E-state index in [0.29, 0.717) is 51.3 Å². The lowest BCUT2D eigenvalue weighted by atomic mass is 9.53. The summed E-state index contributed by atoms with van der Waals surface area (Å²) >= 11 is 0.478. The smallest absolute Gasteiger partial charge is 0.341 e. The zero-order valence-corrected chi connectivity index (χ0v) is 20.5. The van der Waals surface area contributed by atoms with Gasteiger partial charge < -0.3 is 15.4 Å². The van der Waals surface area contributed by atoms with Crippen LogP contribution < -0.4 is 10.6 Å². The number of rotatable bonds is 8. The van der Waals surface area contributed by atoms with Crippen molar-refractivity contribution in [2.75, 3.05) is 5.32 Å². The third-order valence-corrected chi connectivity index (χ3v) is 8.31. The molecule has 186 valence electrons. The molecule has 4 saturated carbocycles. The van der Waals surface area contributed by atoms with Gasteiger partial charge in [-0.25, -0.2) is 4.79 Å². The molecule has 1 amide bonds. The van der Waals surface area contributed by atoms with Gasteiger partial charge in [-0.1, -0.05) is 23.9 Å². The molecule has 2 N–H and O–H groups in total. The number of hydrogen-bond acceptors (Lipinski definition) is 5. The Labute approximate surface area is 208 Å². The monoisotopic (exact) mass is 500 g/mol. The van der Waals surface area contributed by atoms with Crippen LogP contribution in [0.2, 0.25) is 0 Å². The van der Waals surface area contributed by atoms with Crippen molar-refractivity contribution in [1.82, 2.24) is 5.32 Å². The highest BCUT2D eigenvalue weighted by atomic mass is 32.2. The van der Waals surface area contributed by atoms with Gasteiger partial charge >= 0.3 is 5.97 Å². The van der Waals surface area contributed by atoms with Crippen LogP contribution in [0.4, 0.5) is 20.2 Å². The quantitative estimate of drug-likeness (QED) is 0.325. The number of carbonyl (C=O) groups excluding carboxylic acids is 2. The Morgan fingerprint density at radius 3 is 2.17 bits per heavy atom. The van der Waals surface area contributed by atoms with Gasteiger partial charge in [-0.2, -0.15) is 8.78 Å². The molecule has 0 saturated heterocycles. The lowest BCUT2D eigenvalue weighted by Crippen LogP contribution is -2.61. The summed E-state index contributed by atoms with van der Waals surface area (Å²) in [5, 5.41) is 6.41. The molecule has 4 bridgehead atoms. The van der Waals surface area contributed by atoms with Gasteiger partial charge in [-0.3, -0.25) is 4.79 Å². The Morgan fingerprint density at radius 2 is 1.57 bits per heavy atom. The fourth-order valence-electron chi connectivity index (χ4n) is 6.55. The Bertz CT molecular complexity index is 1060. The molecular weight excluding hydrogens is 470 g/mol. The first-order valence-electron chi connectivity index (χ1n) is 12.2. The van der Waals surface area contributed by atoms with Gasteiger partial charge in [0.25, 0.3) is 11.7 Å². The lowest BCUT2D eigenvalue weighted by Gasteiger charge is -2.57. The van der Waals surface area contributed by atoms with Crippen molar-refractivity contribution < 1.29 is 23.1 Å². The van der Waals surface area contributed by atoms with Gasteiger partial charge in [-0.15, -0.1) is 0 Å². The van der Waals surface area contributed by atoms with E-state index < -0.39 is 17.8 Å². The van der Waals surface area contributed by atoms with Gasteiger partial charge in [0.2, 0.25) is 0 Å². The number of nitrogens with one attached hydrogen (secondary N) is 2. The van der Waals surface area contributed by atoms with E-state index in [0.717, 1.165) is 19.3 Å². The first-order chi connectivity index (χ1) is 16.8. The van der Waals surface area contributed by atoms with Crippen molar-refractivity contribution in [2.24, 2.45) is 17.8 Å². The van der Waals surface area contributed by atoms with Crippen LogP contribution in [0.3, 0.4) is 0 Å². The molecule has 6 rings (SSSR count). The summed E-state index contributed by atoms with van der Waals surface area (Å²) in [6.45, 7) is 1.61. The highest BCUT2D eigenvalue weighted by Crippen LogP contribution is 2.55. The van der Waals surface area contributed by atoms with E-state index >= 15 is 0 Å². The second-order valence-electron chi connectivity index (χ2n) is 10.3. The average Bonchev–Trinajstić information content (AvgIpc) is 2.79. The normalized spacial score (nSPS) is 27.5. The van der Waals surface area contributed by atoms with E-state index in [1.165, 1.54) is 19.3 Å². The molecule has 4 aliphatic carbocycles. The molecule has 0 unspecified atom stereocenters. The summed E-state index contributed by atoms with van der Waals surface area (Å²) in [5.74, 6) is -1.18. The van der Waals surface area contributed by atoms with Crippen molar-refractivity contribution in [2.45, 2.75) is 67.7 Å². The molecule has 4 aliphatic rings. The maximum absolute atomic E-state index is 13.0. The number of esters is 1. The predicted octanol–water partition coefficient (Wildman–Crippen LogP) is 6.38. The van der Waals surface area contributed by atoms with Crippen molar-refractivity contribution in [3.05, 3.63) is 54.1 Å². The van der Waals surface area contributed by atoms with E-state index in [4.69, 9.17) is 4.74 Å². The molecule has 4 fully saturated rings. The molecule has 0 aromatic heterocycles. The van der Waals surface area contributed by atoms with Crippen molar-refractivity contribution in [3.63, 3.8) is 0 Å². The molecule has 0 heterocycles. The van der Waals surface area contributed by atoms with E-state index in [2.05, 4.69) is 10.6 Å². The molecule has 2 aromatic rings. The number of ether oxygens (including phenoxy) is 1. The van der Waals surface area contributed by atoms with Gasteiger partial charge in [0.05, 0.1) is 11.3 Å². The van der Waals surface area contributed by atoms with Crippen molar-refractivity contribution in [1.29, 1.82) is 0 Å². The van der Waals surface area contributed by atoms with Crippen LogP contribution in [0.15, 0.2) is 53.4 Å². The van der Waals surface area contributed by atoms with Crippen LogP contribution in [0.25, 0.3) is 0 Å². The summed E-state index contributed by atoms with van der Waals surface area (Å²) < 4.78 is 30.7. The number of benzene rings is 2. The first-order valence-corrected chi connectivity index (χ1v) is 13.1. The van der Waals surface area contributed by atoms with Gasteiger partial charge in [0.15, 0.2) is 6.10 Å². The minimum atomic E-state index is -2.48. The number of carbonyl (C=O) groups is 2. The van der Waals surface area contributed by atoms with Gasteiger partial charge in [0, 0.05) is 16.1 Å². The van der Waals surface area contributed by atoms with E-state index in [-0.39, 0.29) is 11.4 Å². The number of alkyl halides is 2. The minimum absolute atomic E-state index is 0.138. The Hall–Kier alpha value is -2.61. The fourth-order valence-corrected chi connectivity index (χ4v) is 7.05. The zero-order chi connectivity index (χ0) is 24.6. The molecular formula is C27H30F2N2O3S. The maximum atomic E-state index is 13.0. The Balaban J connectivity index is 1.22. The van der Waals surface area contributed by atoms with Crippen LogP contribution in [0.1, 0.15) is 55.8 Å². The van der Waals surface area contributed by atoms with Gasteiger partial charge in [-0.05, 0) is 99.6 Å². The average molecular weight is 501 g/mol. The largest absolute Gasteiger partial charge is 0.449 e. The molecule has 0 radical (unpaired) electrons. The first kappa shape index (κ1) is 24.1.